The van der Waals surface area contributed by atoms with Crippen LogP contribution in [0, 0.1) is 6.92 Å². The molecule has 1 heterocycles. The second-order valence-electron chi connectivity index (χ2n) is 4.13. The summed E-state index contributed by atoms with van der Waals surface area (Å²) in [5.41, 5.74) is 2.61. The van der Waals surface area contributed by atoms with Crippen LogP contribution in [0.3, 0.4) is 0 Å². The SMILES string of the molecule is COC(=O)c1cnc(Cl)cc1Nc1ccc(Cl)cc1C. The summed E-state index contributed by atoms with van der Waals surface area (Å²) in [4.78, 5) is 15.6. The molecule has 20 heavy (non-hydrogen) atoms. The standard InChI is InChI=1S/C14H12Cl2N2O2/c1-8-5-9(15)3-4-11(8)18-12-6-13(16)17-7-10(12)14(19)20-2/h3-7H,1-2H3,(H,17,18). The van der Waals surface area contributed by atoms with Crippen LogP contribution in [0.1, 0.15) is 15.9 Å². The number of benzene rings is 1. The first kappa shape index (κ1) is 14.6. The summed E-state index contributed by atoms with van der Waals surface area (Å²) in [6, 6.07) is 6.98. The molecule has 2 aromatic rings. The van der Waals surface area contributed by atoms with Crippen molar-refractivity contribution in [3.63, 3.8) is 0 Å². The lowest BCUT2D eigenvalue weighted by Gasteiger charge is -2.13. The number of carbonyl (C=O) groups is 1. The van der Waals surface area contributed by atoms with Crippen LogP contribution in [0.25, 0.3) is 0 Å². The van der Waals surface area contributed by atoms with Gasteiger partial charge in [-0.05, 0) is 36.8 Å². The van der Waals surface area contributed by atoms with Gasteiger partial charge in [-0.2, -0.15) is 0 Å². The fourth-order valence-electron chi connectivity index (χ4n) is 1.72. The van der Waals surface area contributed by atoms with E-state index in [0.717, 1.165) is 11.3 Å². The van der Waals surface area contributed by atoms with E-state index >= 15 is 0 Å². The highest BCUT2D eigenvalue weighted by molar-refractivity contribution is 6.30. The Morgan fingerprint density at radius 3 is 2.65 bits per heavy atom. The largest absolute Gasteiger partial charge is 0.465 e. The zero-order chi connectivity index (χ0) is 14.7. The van der Waals surface area contributed by atoms with Crippen LogP contribution in [0.15, 0.2) is 30.5 Å². The second kappa shape index (κ2) is 6.11. The molecule has 6 heteroatoms. The molecule has 0 amide bonds. The minimum absolute atomic E-state index is 0.284. The highest BCUT2D eigenvalue weighted by Crippen LogP contribution is 2.27. The van der Waals surface area contributed by atoms with Crippen LogP contribution in [0.4, 0.5) is 11.4 Å². The Kier molecular flexibility index (Phi) is 4.47. The lowest BCUT2D eigenvalue weighted by Crippen LogP contribution is -2.07. The Morgan fingerprint density at radius 2 is 2.00 bits per heavy atom. The van der Waals surface area contributed by atoms with E-state index in [2.05, 4.69) is 10.3 Å². The van der Waals surface area contributed by atoms with Crippen molar-refractivity contribution in [3.8, 4) is 0 Å². The zero-order valence-corrected chi connectivity index (χ0v) is 12.4. The topological polar surface area (TPSA) is 51.2 Å². The van der Waals surface area contributed by atoms with E-state index in [4.69, 9.17) is 27.9 Å². The van der Waals surface area contributed by atoms with E-state index < -0.39 is 5.97 Å². The van der Waals surface area contributed by atoms with E-state index in [9.17, 15) is 4.79 Å². The Bertz CT molecular complexity index is 660. The summed E-state index contributed by atoms with van der Waals surface area (Å²) in [6.07, 6.45) is 1.38. The highest BCUT2D eigenvalue weighted by Gasteiger charge is 2.14. The number of aromatic nitrogens is 1. The molecule has 0 aliphatic heterocycles. The molecule has 0 saturated heterocycles. The molecule has 0 aliphatic rings. The first-order chi connectivity index (χ1) is 9.51. The van der Waals surface area contributed by atoms with Gasteiger partial charge < -0.3 is 10.1 Å². The average molecular weight is 311 g/mol. The van der Waals surface area contributed by atoms with E-state index in [0.29, 0.717) is 16.3 Å². The summed E-state index contributed by atoms with van der Waals surface area (Å²) in [5, 5.41) is 4.07. The van der Waals surface area contributed by atoms with Crippen molar-refractivity contribution in [1.82, 2.24) is 4.98 Å². The molecule has 1 aromatic heterocycles. The lowest BCUT2D eigenvalue weighted by molar-refractivity contribution is 0.0601. The van der Waals surface area contributed by atoms with Gasteiger partial charge in [-0.1, -0.05) is 23.2 Å². The number of methoxy groups -OCH3 is 1. The zero-order valence-electron chi connectivity index (χ0n) is 10.9. The highest BCUT2D eigenvalue weighted by atomic mass is 35.5. The maximum atomic E-state index is 11.7. The number of nitrogens with zero attached hydrogens (tertiary/aromatic N) is 1. The molecule has 0 atom stereocenters. The first-order valence-corrected chi connectivity index (χ1v) is 6.54. The van der Waals surface area contributed by atoms with Crippen molar-refractivity contribution in [2.75, 3.05) is 12.4 Å². The minimum Gasteiger partial charge on any atom is -0.465 e. The molecule has 2 rings (SSSR count). The number of anilines is 2. The number of aryl methyl sites for hydroxylation is 1. The van der Waals surface area contributed by atoms with E-state index in [-0.39, 0.29) is 5.15 Å². The van der Waals surface area contributed by atoms with Crippen LogP contribution in [-0.4, -0.2) is 18.1 Å². The normalized spacial score (nSPS) is 10.2. The Balaban J connectivity index is 2.41. The van der Waals surface area contributed by atoms with Gasteiger partial charge in [-0.3, -0.25) is 0 Å². The van der Waals surface area contributed by atoms with Crippen LogP contribution >= 0.6 is 23.2 Å². The number of pyridine rings is 1. The number of rotatable bonds is 3. The molecule has 0 bridgehead atoms. The first-order valence-electron chi connectivity index (χ1n) is 5.78. The molecular weight excluding hydrogens is 299 g/mol. The van der Waals surface area contributed by atoms with Crippen LogP contribution in [-0.2, 0) is 4.74 Å². The average Bonchev–Trinajstić information content (AvgIpc) is 2.41. The van der Waals surface area contributed by atoms with E-state index in [1.54, 1.807) is 12.1 Å². The number of esters is 1. The maximum absolute atomic E-state index is 11.7. The van der Waals surface area contributed by atoms with E-state index in [1.807, 2.05) is 19.1 Å². The van der Waals surface area contributed by atoms with Gasteiger partial charge in [0.1, 0.15) is 10.7 Å². The van der Waals surface area contributed by atoms with Gasteiger partial charge in [0.05, 0.1) is 12.8 Å². The predicted molar refractivity (Wildman–Crippen MR) is 80.1 cm³/mol. The summed E-state index contributed by atoms with van der Waals surface area (Å²) in [5.74, 6) is -0.483. The van der Waals surface area contributed by atoms with Crippen molar-refractivity contribution in [2.24, 2.45) is 0 Å². The fraction of sp³-hybridized carbons (Fsp3) is 0.143. The summed E-state index contributed by atoms with van der Waals surface area (Å²) < 4.78 is 4.72. The third kappa shape index (κ3) is 3.21. The Hall–Kier alpha value is -1.78. The van der Waals surface area contributed by atoms with Crippen molar-refractivity contribution < 1.29 is 9.53 Å². The van der Waals surface area contributed by atoms with Gasteiger partial charge in [0, 0.05) is 16.9 Å². The van der Waals surface area contributed by atoms with Crippen molar-refractivity contribution in [2.45, 2.75) is 6.92 Å². The summed E-state index contributed by atoms with van der Waals surface area (Å²) in [6.45, 7) is 1.91. The van der Waals surface area contributed by atoms with Gasteiger partial charge in [0.25, 0.3) is 0 Å². The van der Waals surface area contributed by atoms with Gasteiger partial charge >= 0.3 is 5.97 Å². The molecule has 104 valence electrons. The van der Waals surface area contributed by atoms with Crippen LogP contribution in [0.2, 0.25) is 10.2 Å². The number of hydrogen-bond acceptors (Lipinski definition) is 4. The Labute approximate surface area is 126 Å². The number of halogens is 2. The van der Waals surface area contributed by atoms with Crippen molar-refractivity contribution in [3.05, 3.63) is 51.8 Å². The van der Waals surface area contributed by atoms with Gasteiger partial charge in [0.15, 0.2) is 0 Å². The van der Waals surface area contributed by atoms with Crippen LogP contribution in [0.5, 0.6) is 0 Å². The minimum atomic E-state index is -0.483. The smallest absolute Gasteiger partial charge is 0.341 e. The van der Waals surface area contributed by atoms with Gasteiger partial charge in [0.2, 0.25) is 0 Å². The summed E-state index contributed by atoms with van der Waals surface area (Å²) >= 11 is 11.8. The van der Waals surface area contributed by atoms with E-state index in [1.165, 1.54) is 13.3 Å². The van der Waals surface area contributed by atoms with Crippen molar-refractivity contribution >= 4 is 40.5 Å². The van der Waals surface area contributed by atoms with Gasteiger partial charge in [-0.15, -0.1) is 0 Å². The molecule has 0 radical (unpaired) electrons. The monoisotopic (exact) mass is 310 g/mol. The molecule has 0 fully saturated rings. The van der Waals surface area contributed by atoms with Crippen molar-refractivity contribution in [1.29, 1.82) is 0 Å². The van der Waals surface area contributed by atoms with Crippen LogP contribution < -0.4 is 5.32 Å². The third-order valence-electron chi connectivity index (χ3n) is 2.73. The number of nitrogens with one attached hydrogen (secondary N) is 1. The second-order valence-corrected chi connectivity index (χ2v) is 4.95. The molecular formula is C14H12Cl2N2O2. The van der Waals surface area contributed by atoms with Gasteiger partial charge in [-0.25, -0.2) is 9.78 Å². The third-order valence-corrected chi connectivity index (χ3v) is 3.18. The number of hydrogen-bond donors (Lipinski definition) is 1. The fourth-order valence-corrected chi connectivity index (χ4v) is 2.10. The predicted octanol–water partition coefficient (Wildman–Crippen LogP) is 4.23. The number of carbonyl (C=O) groups excluding carboxylic acids is 1. The molecule has 1 N–H and O–H groups in total. The molecule has 1 aromatic carbocycles. The maximum Gasteiger partial charge on any atom is 0.341 e. The molecule has 0 spiro atoms. The summed E-state index contributed by atoms with van der Waals surface area (Å²) in [7, 11) is 1.31. The lowest BCUT2D eigenvalue weighted by atomic mass is 10.1. The Morgan fingerprint density at radius 1 is 1.25 bits per heavy atom. The molecule has 0 aliphatic carbocycles. The molecule has 0 saturated carbocycles. The number of ether oxygens (including phenoxy) is 1. The molecule has 4 nitrogen and oxygen atoms in total. The quantitative estimate of drug-likeness (QED) is 0.681. The molecule has 0 unspecified atom stereocenters.